The zero-order valence-corrected chi connectivity index (χ0v) is 19.7. The molecule has 3 atom stereocenters. The molecule has 4 aromatic rings. The van der Waals surface area contributed by atoms with E-state index in [0.717, 1.165) is 72.3 Å². The molecule has 6 rings (SSSR count). The lowest BCUT2D eigenvalue weighted by atomic mass is 9.78. The van der Waals surface area contributed by atoms with Gasteiger partial charge in [0.15, 0.2) is 6.29 Å². The van der Waals surface area contributed by atoms with Gasteiger partial charge in [-0.3, -0.25) is 14.8 Å². The van der Waals surface area contributed by atoms with E-state index in [1.807, 2.05) is 24.3 Å². The van der Waals surface area contributed by atoms with Crippen LogP contribution >= 0.6 is 0 Å². The molecule has 2 aromatic heterocycles. The Kier molecular flexibility index (Phi) is 6.03. The molecule has 2 aliphatic rings. The van der Waals surface area contributed by atoms with Crippen LogP contribution in [-0.4, -0.2) is 35.4 Å². The molecule has 0 saturated carbocycles. The monoisotopic (exact) mass is 484 g/mol. The second-order valence-electron chi connectivity index (χ2n) is 9.69. The number of benzene rings is 2. The normalized spacial score (nSPS) is 21.8. The quantitative estimate of drug-likeness (QED) is 0.377. The third-order valence-corrected chi connectivity index (χ3v) is 7.54. The molecule has 4 heterocycles. The van der Waals surface area contributed by atoms with Crippen LogP contribution < -0.4 is 10.6 Å². The predicted octanol–water partition coefficient (Wildman–Crippen LogP) is 5.46. The molecule has 0 aliphatic carbocycles. The van der Waals surface area contributed by atoms with Gasteiger partial charge in [0.05, 0.1) is 5.52 Å². The van der Waals surface area contributed by atoms with Crippen molar-refractivity contribution in [3.63, 3.8) is 0 Å². The Morgan fingerprint density at radius 1 is 0.944 bits per heavy atom. The molecule has 0 bridgehead atoms. The molecule has 2 saturated heterocycles. The van der Waals surface area contributed by atoms with E-state index in [1.54, 1.807) is 18.5 Å². The molecule has 0 amide bonds. The largest absolute Gasteiger partial charge is 0.312 e. The fourth-order valence-electron chi connectivity index (χ4n) is 5.87. The summed E-state index contributed by atoms with van der Waals surface area (Å²) in [5.74, 6) is -0.721. The fraction of sp³-hybridized carbons (Fsp3) is 0.276. The topological polar surface area (TPSA) is 66.9 Å². The van der Waals surface area contributed by atoms with Crippen LogP contribution in [0.5, 0.6) is 0 Å². The summed E-state index contributed by atoms with van der Waals surface area (Å²) in [5.41, 5.74) is 4.88. The van der Waals surface area contributed by atoms with Crippen LogP contribution in [0, 0.1) is 17.6 Å². The second kappa shape index (κ2) is 9.48. The van der Waals surface area contributed by atoms with E-state index >= 15 is 0 Å². The van der Waals surface area contributed by atoms with E-state index in [-0.39, 0.29) is 6.04 Å². The van der Waals surface area contributed by atoms with Gasteiger partial charge in [-0.2, -0.15) is 0 Å². The molecule has 3 unspecified atom stereocenters. The number of pyridine rings is 2. The molecular weight excluding hydrogens is 458 g/mol. The zero-order chi connectivity index (χ0) is 24.6. The van der Waals surface area contributed by atoms with Gasteiger partial charge in [0.2, 0.25) is 0 Å². The molecule has 0 spiro atoms. The summed E-state index contributed by atoms with van der Waals surface area (Å²) >= 11 is 0. The maximum absolute atomic E-state index is 14.3. The van der Waals surface area contributed by atoms with Gasteiger partial charge in [-0.25, -0.2) is 8.78 Å². The van der Waals surface area contributed by atoms with Crippen LogP contribution in [0.15, 0.2) is 60.9 Å². The number of carbonyl (C=O) groups is 1. The van der Waals surface area contributed by atoms with Crippen molar-refractivity contribution in [1.29, 1.82) is 0 Å². The number of halogens is 2. The number of piperidine rings is 2. The third kappa shape index (κ3) is 4.18. The molecular formula is C29H26F2N4O. The standard InChI is InChI=1S/C29H26F2N4O/c30-20-9-19(10-21(31)13-20)24-14-34-25-6-5-17(22-4-2-8-33-28(22)16-36)11-23(25)29(24)26-12-18-3-1-7-32-27(18)15-35-26/h2,4-6,8-11,13-14,16,18,26-27,32,35H,1,3,7,12,15H2. The maximum Gasteiger partial charge on any atom is 0.169 e. The Morgan fingerprint density at radius 2 is 1.81 bits per heavy atom. The zero-order valence-electron chi connectivity index (χ0n) is 19.7. The number of aldehydes is 1. The molecule has 2 aromatic carbocycles. The minimum absolute atomic E-state index is 0.00679. The first-order valence-electron chi connectivity index (χ1n) is 12.4. The summed E-state index contributed by atoms with van der Waals surface area (Å²) in [5, 5.41) is 8.22. The number of hydrogen-bond donors (Lipinski definition) is 2. The lowest BCUT2D eigenvalue weighted by molar-refractivity contribution is 0.111. The number of nitrogens with one attached hydrogen (secondary N) is 2. The average Bonchev–Trinajstić information content (AvgIpc) is 2.91. The number of fused-ring (bicyclic) bond motifs is 2. The van der Waals surface area contributed by atoms with Crippen LogP contribution in [-0.2, 0) is 0 Å². The maximum atomic E-state index is 14.3. The molecule has 2 aliphatic heterocycles. The third-order valence-electron chi connectivity index (χ3n) is 7.54. The van der Waals surface area contributed by atoms with E-state index in [4.69, 9.17) is 0 Å². The van der Waals surface area contributed by atoms with E-state index in [9.17, 15) is 13.6 Å². The predicted molar refractivity (Wildman–Crippen MR) is 136 cm³/mol. The van der Waals surface area contributed by atoms with Crippen molar-refractivity contribution in [1.82, 2.24) is 20.6 Å². The van der Waals surface area contributed by atoms with Gasteiger partial charge >= 0.3 is 0 Å². The molecule has 36 heavy (non-hydrogen) atoms. The van der Waals surface area contributed by atoms with Crippen molar-refractivity contribution < 1.29 is 13.6 Å². The highest BCUT2D eigenvalue weighted by Gasteiger charge is 2.34. The Morgan fingerprint density at radius 3 is 2.64 bits per heavy atom. The smallest absolute Gasteiger partial charge is 0.169 e. The Bertz CT molecular complexity index is 1440. The van der Waals surface area contributed by atoms with Crippen LogP contribution in [0.25, 0.3) is 33.2 Å². The van der Waals surface area contributed by atoms with Gasteiger partial charge in [0, 0.05) is 53.6 Å². The van der Waals surface area contributed by atoms with Gasteiger partial charge < -0.3 is 10.6 Å². The van der Waals surface area contributed by atoms with E-state index in [0.29, 0.717) is 28.8 Å². The Labute approximate surface area is 208 Å². The fourth-order valence-corrected chi connectivity index (χ4v) is 5.87. The molecule has 0 radical (unpaired) electrons. The van der Waals surface area contributed by atoms with Crippen LogP contribution in [0.4, 0.5) is 8.78 Å². The van der Waals surface area contributed by atoms with Crippen molar-refractivity contribution in [3.05, 3.63) is 83.8 Å². The second-order valence-corrected chi connectivity index (χ2v) is 9.69. The van der Waals surface area contributed by atoms with Gasteiger partial charge in [0.1, 0.15) is 17.3 Å². The van der Waals surface area contributed by atoms with Crippen molar-refractivity contribution in [2.24, 2.45) is 5.92 Å². The van der Waals surface area contributed by atoms with Crippen molar-refractivity contribution in [2.45, 2.75) is 31.3 Å². The van der Waals surface area contributed by atoms with E-state index in [1.165, 1.54) is 12.1 Å². The van der Waals surface area contributed by atoms with Crippen molar-refractivity contribution >= 4 is 17.2 Å². The number of hydrogen-bond acceptors (Lipinski definition) is 5. The van der Waals surface area contributed by atoms with E-state index in [2.05, 4.69) is 20.6 Å². The Balaban J connectivity index is 1.56. The van der Waals surface area contributed by atoms with Crippen LogP contribution in [0.3, 0.4) is 0 Å². The van der Waals surface area contributed by atoms with Crippen LogP contribution in [0.1, 0.15) is 41.4 Å². The number of carbonyl (C=O) groups excluding carboxylic acids is 1. The number of rotatable bonds is 4. The highest BCUT2D eigenvalue weighted by molar-refractivity contribution is 5.94. The van der Waals surface area contributed by atoms with Crippen LogP contribution in [0.2, 0.25) is 0 Å². The molecule has 5 nitrogen and oxygen atoms in total. The summed E-state index contributed by atoms with van der Waals surface area (Å²) in [6.07, 6.45) is 7.29. The van der Waals surface area contributed by atoms with Gasteiger partial charge in [-0.15, -0.1) is 0 Å². The molecule has 2 N–H and O–H groups in total. The SMILES string of the molecule is O=Cc1ncccc1-c1ccc2ncc(-c3cc(F)cc(F)c3)c(C3CC4CCCNC4CN3)c2c1. The molecule has 7 heteroatoms. The highest BCUT2D eigenvalue weighted by Crippen LogP contribution is 2.41. The lowest BCUT2D eigenvalue weighted by Gasteiger charge is -2.41. The first-order valence-corrected chi connectivity index (χ1v) is 12.4. The molecule has 2 fully saturated rings. The summed E-state index contributed by atoms with van der Waals surface area (Å²) in [6.45, 7) is 1.86. The summed E-state index contributed by atoms with van der Waals surface area (Å²) in [6, 6.07) is 13.6. The van der Waals surface area contributed by atoms with Gasteiger partial charge in [-0.05, 0) is 78.7 Å². The number of aromatic nitrogens is 2. The Hall–Kier alpha value is -3.55. The first-order chi connectivity index (χ1) is 17.6. The molecule has 182 valence electrons. The summed E-state index contributed by atoms with van der Waals surface area (Å²) in [4.78, 5) is 20.5. The van der Waals surface area contributed by atoms with E-state index < -0.39 is 11.6 Å². The van der Waals surface area contributed by atoms with Crippen molar-refractivity contribution in [2.75, 3.05) is 13.1 Å². The lowest BCUT2D eigenvalue weighted by Crippen LogP contribution is -2.52. The van der Waals surface area contributed by atoms with Gasteiger partial charge in [0.25, 0.3) is 0 Å². The van der Waals surface area contributed by atoms with Gasteiger partial charge in [-0.1, -0.05) is 12.1 Å². The first kappa shape index (κ1) is 22.9. The summed E-state index contributed by atoms with van der Waals surface area (Å²) in [7, 11) is 0. The average molecular weight is 485 g/mol. The summed E-state index contributed by atoms with van der Waals surface area (Å²) < 4.78 is 28.5. The van der Waals surface area contributed by atoms with Crippen molar-refractivity contribution in [3.8, 4) is 22.3 Å². The minimum atomic E-state index is -0.621. The number of nitrogens with zero attached hydrogens (tertiary/aromatic N) is 2. The minimum Gasteiger partial charge on any atom is -0.312 e. The highest BCUT2D eigenvalue weighted by atomic mass is 19.1.